The van der Waals surface area contributed by atoms with E-state index in [1.807, 2.05) is 30.3 Å². The molecular formula is C21H27N3O4S. The summed E-state index contributed by atoms with van der Waals surface area (Å²) in [5.41, 5.74) is 1.25. The van der Waals surface area contributed by atoms with Crippen LogP contribution in [-0.4, -0.2) is 50.5 Å². The molecule has 0 aliphatic carbocycles. The first-order valence-electron chi connectivity index (χ1n) is 9.38. The van der Waals surface area contributed by atoms with Crippen LogP contribution < -0.4 is 9.62 Å². The van der Waals surface area contributed by atoms with E-state index in [1.165, 1.54) is 4.90 Å². The Balaban J connectivity index is 2.32. The van der Waals surface area contributed by atoms with Gasteiger partial charge in [-0.25, -0.2) is 8.42 Å². The number of carbonyl (C=O) groups is 2. The minimum Gasteiger partial charge on any atom is -0.355 e. The molecule has 0 spiro atoms. The second kappa shape index (κ2) is 10.1. The summed E-state index contributed by atoms with van der Waals surface area (Å²) in [5.74, 6) is -0.746. The SMILES string of the molecule is CCNC(=O)C(C)N(Cc1ccccc1)C(=O)CN(c1ccccc1)S(C)(=O)=O. The smallest absolute Gasteiger partial charge is 0.244 e. The van der Waals surface area contributed by atoms with Crippen molar-refractivity contribution >= 4 is 27.5 Å². The van der Waals surface area contributed by atoms with Gasteiger partial charge in [-0.05, 0) is 31.5 Å². The number of hydrogen-bond donors (Lipinski definition) is 1. The minimum atomic E-state index is -3.69. The summed E-state index contributed by atoms with van der Waals surface area (Å²) in [6.45, 7) is 3.69. The van der Waals surface area contributed by atoms with Crippen molar-refractivity contribution in [1.29, 1.82) is 0 Å². The molecule has 29 heavy (non-hydrogen) atoms. The average Bonchev–Trinajstić information content (AvgIpc) is 2.70. The van der Waals surface area contributed by atoms with Crippen LogP contribution in [0.3, 0.4) is 0 Å². The number of anilines is 1. The second-order valence-electron chi connectivity index (χ2n) is 6.68. The number of benzene rings is 2. The summed E-state index contributed by atoms with van der Waals surface area (Å²) < 4.78 is 25.7. The Morgan fingerprint density at radius 2 is 1.55 bits per heavy atom. The van der Waals surface area contributed by atoms with Crippen LogP contribution in [0.15, 0.2) is 60.7 Å². The molecule has 0 radical (unpaired) electrons. The maximum absolute atomic E-state index is 13.2. The van der Waals surface area contributed by atoms with E-state index in [0.29, 0.717) is 12.2 Å². The molecule has 0 saturated heterocycles. The van der Waals surface area contributed by atoms with Crippen molar-refractivity contribution in [1.82, 2.24) is 10.2 Å². The van der Waals surface area contributed by atoms with Crippen LogP contribution in [-0.2, 0) is 26.2 Å². The van der Waals surface area contributed by atoms with Gasteiger partial charge in [0.05, 0.1) is 11.9 Å². The molecule has 0 heterocycles. The van der Waals surface area contributed by atoms with Gasteiger partial charge in [0.25, 0.3) is 0 Å². The van der Waals surface area contributed by atoms with Crippen LogP contribution in [0.25, 0.3) is 0 Å². The van der Waals surface area contributed by atoms with Crippen LogP contribution in [0.4, 0.5) is 5.69 Å². The maximum Gasteiger partial charge on any atom is 0.244 e. The van der Waals surface area contributed by atoms with Crippen LogP contribution in [0.5, 0.6) is 0 Å². The fourth-order valence-electron chi connectivity index (χ4n) is 2.89. The Kier molecular flexibility index (Phi) is 7.78. The fraction of sp³-hybridized carbons (Fsp3) is 0.333. The largest absolute Gasteiger partial charge is 0.355 e. The molecule has 1 unspecified atom stereocenters. The molecule has 0 aromatic heterocycles. The molecule has 1 N–H and O–H groups in total. The molecule has 1 atom stereocenters. The van der Waals surface area contributed by atoms with Gasteiger partial charge in [0.15, 0.2) is 0 Å². The Labute approximate surface area is 172 Å². The van der Waals surface area contributed by atoms with E-state index < -0.39 is 22.0 Å². The quantitative estimate of drug-likeness (QED) is 0.676. The lowest BCUT2D eigenvalue weighted by atomic mass is 10.1. The molecule has 0 bridgehead atoms. The molecule has 2 amide bonds. The van der Waals surface area contributed by atoms with Crippen molar-refractivity contribution in [3.05, 3.63) is 66.2 Å². The topological polar surface area (TPSA) is 86.8 Å². The van der Waals surface area contributed by atoms with Gasteiger partial charge in [-0.1, -0.05) is 48.5 Å². The van der Waals surface area contributed by atoms with Gasteiger partial charge in [0.2, 0.25) is 21.8 Å². The maximum atomic E-state index is 13.2. The summed E-state index contributed by atoms with van der Waals surface area (Å²) in [7, 11) is -3.69. The summed E-state index contributed by atoms with van der Waals surface area (Å²) in [6.07, 6.45) is 1.06. The zero-order valence-electron chi connectivity index (χ0n) is 16.9. The van der Waals surface area contributed by atoms with Crippen LogP contribution >= 0.6 is 0 Å². The Hall–Kier alpha value is -2.87. The fourth-order valence-corrected chi connectivity index (χ4v) is 3.74. The highest BCUT2D eigenvalue weighted by atomic mass is 32.2. The van der Waals surface area contributed by atoms with Crippen LogP contribution in [0.2, 0.25) is 0 Å². The lowest BCUT2D eigenvalue weighted by Gasteiger charge is -2.31. The summed E-state index contributed by atoms with van der Waals surface area (Å²) in [4.78, 5) is 27.0. The Bertz CT molecular complexity index is 917. The molecule has 0 fully saturated rings. The number of carbonyl (C=O) groups excluding carboxylic acids is 2. The van der Waals surface area contributed by atoms with Gasteiger partial charge in [0, 0.05) is 13.1 Å². The molecule has 0 aliphatic rings. The molecule has 7 nitrogen and oxygen atoms in total. The highest BCUT2D eigenvalue weighted by Crippen LogP contribution is 2.18. The van der Waals surface area contributed by atoms with E-state index in [1.54, 1.807) is 44.2 Å². The van der Waals surface area contributed by atoms with Gasteiger partial charge < -0.3 is 10.2 Å². The molecule has 2 rings (SSSR count). The third kappa shape index (κ3) is 6.32. The lowest BCUT2D eigenvalue weighted by Crippen LogP contribution is -2.51. The van der Waals surface area contributed by atoms with Crippen molar-refractivity contribution in [3.63, 3.8) is 0 Å². The molecule has 2 aromatic carbocycles. The number of sulfonamides is 1. The normalized spacial score (nSPS) is 12.1. The zero-order valence-corrected chi connectivity index (χ0v) is 17.7. The van der Waals surface area contributed by atoms with E-state index in [0.717, 1.165) is 16.1 Å². The van der Waals surface area contributed by atoms with E-state index in [2.05, 4.69) is 5.32 Å². The number of nitrogens with zero attached hydrogens (tertiary/aromatic N) is 2. The zero-order chi connectivity index (χ0) is 21.4. The summed E-state index contributed by atoms with van der Waals surface area (Å²) in [5, 5.41) is 2.72. The molecule has 8 heteroatoms. The van der Waals surface area contributed by atoms with E-state index in [9.17, 15) is 18.0 Å². The monoisotopic (exact) mass is 417 g/mol. The summed E-state index contributed by atoms with van der Waals surface area (Å²) >= 11 is 0. The highest BCUT2D eigenvalue weighted by Gasteiger charge is 2.29. The number of likely N-dealkylation sites (N-methyl/N-ethyl adjacent to an activating group) is 1. The third-order valence-corrected chi connectivity index (χ3v) is 5.58. The average molecular weight is 418 g/mol. The van der Waals surface area contributed by atoms with Gasteiger partial charge in [0.1, 0.15) is 12.6 Å². The van der Waals surface area contributed by atoms with Crippen molar-refractivity contribution < 1.29 is 18.0 Å². The Morgan fingerprint density at radius 1 is 1.00 bits per heavy atom. The molecular weight excluding hydrogens is 390 g/mol. The van der Waals surface area contributed by atoms with Crippen LogP contribution in [0.1, 0.15) is 19.4 Å². The van der Waals surface area contributed by atoms with Gasteiger partial charge in [-0.2, -0.15) is 0 Å². The number of amides is 2. The van der Waals surface area contributed by atoms with Crippen LogP contribution in [0, 0.1) is 0 Å². The van der Waals surface area contributed by atoms with Crippen molar-refractivity contribution in [2.75, 3.05) is 23.7 Å². The first kappa shape index (κ1) is 22.4. The molecule has 2 aromatic rings. The third-order valence-electron chi connectivity index (χ3n) is 4.44. The number of hydrogen-bond acceptors (Lipinski definition) is 4. The van der Waals surface area contributed by atoms with Crippen molar-refractivity contribution in [2.24, 2.45) is 0 Å². The first-order valence-corrected chi connectivity index (χ1v) is 11.2. The standard InChI is InChI=1S/C21H27N3O4S/c1-4-22-21(26)17(2)23(15-18-11-7-5-8-12-18)20(25)16-24(29(3,27)28)19-13-9-6-10-14-19/h5-14,17H,4,15-16H2,1-3H3,(H,22,26). The Morgan fingerprint density at radius 3 is 2.07 bits per heavy atom. The molecule has 0 aliphatic heterocycles. The van der Waals surface area contributed by atoms with Crippen molar-refractivity contribution in [2.45, 2.75) is 26.4 Å². The minimum absolute atomic E-state index is 0.199. The number of nitrogens with one attached hydrogen (secondary N) is 1. The first-order chi connectivity index (χ1) is 13.7. The molecule has 0 saturated carbocycles. The van der Waals surface area contributed by atoms with Gasteiger partial charge in [-0.3, -0.25) is 13.9 Å². The molecule has 156 valence electrons. The van der Waals surface area contributed by atoms with Gasteiger partial charge >= 0.3 is 0 Å². The number of rotatable bonds is 9. The predicted octanol–water partition coefficient (Wildman–Crippen LogP) is 2.01. The van der Waals surface area contributed by atoms with E-state index in [-0.39, 0.29) is 19.0 Å². The lowest BCUT2D eigenvalue weighted by molar-refractivity contribution is -0.139. The van der Waals surface area contributed by atoms with E-state index in [4.69, 9.17) is 0 Å². The van der Waals surface area contributed by atoms with Gasteiger partial charge in [-0.15, -0.1) is 0 Å². The second-order valence-corrected chi connectivity index (χ2v) is 8.59. The summed E-state index contributed by atoms with van der Waals surface area (Å²) in [6, 6.07) is 17.0. The number of para-hydroxylation sites is 1. The van der Waals surface area contributed by atoms with E-state index >= 15 is 0 Å². The predicted molar refractivity (Wildman–Crippen MR) is 114 cm³/mol. The highest BCUT2D eigenvalue weighted by molar-refractivity contribution is 7.92. The van der Waals surface area contributed by atoms with Crippen molar-refractivity contribution in [3.8, 4) is 0 Å².